The monoisotopic (exact) mass is 397 g/mol. The first-order chi connectivity index (χ1) is 13.9. The highest BCUT2D eigenvalue weighted by atomic mass is 16.5. The van der Waals surface area contributed by atoms with Crippen LogP contribution in [0.5, 0.6) is 11.9 Å². The van der Waals surface area contributed by atoms with Crippen molar-refractivity contribution in [3.63, 3.8) is 0 Å². The highest BCUT2D eigenvalue weighted by Gasteiger charge is 2.51. The van der Waals surface area contributed by atoms with Gasteiger partial charge < -0.3 is 14.6 Å². The molecule has 1 saturated heterocycles. The molecule has 2 aromatic rings. The summed E-state index contributed by atoms with van der Waals surface area (Å²) in [5.41, 5.74) is 3.70. The van der Waals surface area contributed by atoms with Crippen molar-refractivity contribution in [1.82, 2.24) is 14.9 Å². The van der Waals surface area contributed by atoms with E-state index in [0.717, 1.165) is 32.5 Å². The van der Waals surface area contributed by atoms with Gasteiger partial charge in [-0.05, 0) is 55.7 Å². The Morgan fingerprint density at radius 3 is 2.72 bits per heavy atom. The molecule has 0 bridgehead atoms. The SMILES string of the molecule is COc1ncc([C@]2(O)CCC[C@H]3CN(Cc4ccc(C)c(C)c4)C[C@@H]32)c(OC)n1. The zero-order valence-electron chi connectivity index (χ0n) is 17.8. The molecule has 3 atom stereocenters. The van der Waals surface area contributed by atoms with E-state index in [0.29, 0.717) is 23.8 Å². The van der Waals surface area contributed by atoms with Gasteiger partial charge in [0.05, 0.1) is 19.8 Å². The number of methoxy groups -OCH3 is 2. The van der Waals surface area contributed by atoms with Gasteiger partial charge in [0.2, 0.25) is 5.88 Å². The zero-order chi connectivity index (χ0) is 20.6. The van der Waals surface area contributed by atoms with E-state index in [1.807, 2.05) is 0 Å². The lowest BCUT2D eigenvalue weighted by molar-refractivity contribution is -0.0669. The minimum absolute atomic E-state index is 0.147. The summed E-state index contributed by atoms with van der Waals surface area (Å²) in [6.07, 6.45) is 4.52. The van der Waals surface area contributed by atoms with Crippen molar-refractivity contribution in [2.24, 2.45) is 11.8 Å². The molecule has 6 heteroatoms. The van der Waals surface area contributed by atoms with E-state index in [2.05, 4.69) is 46.9 Å². The van der Waals surface area contributed by atoms with Crippen molar-refractivity contribution < 1.29 is 14.6 Å². The molecule has 0 unspecified atom stereocenters. The molecule has 1 aliphatic heterocycles. The third-order valence-corrected chi connectivity index (χ3v) is 6.81. The van der Waals surface area contributed by atoms with E-state index in [9.17, 15) is 5.11 Å². The third kappa shape index (κ3) is 3.71. The Labute approximate surface area is 172 Å². The van der Waals surface area contributed by atoms with Crippen LogP contribution in [0.2, 0.25) is 0 Å². The summed E-state index contributed by atoms with van der Waals surface area (Å²) in [5, 5.41) is 11.8. The van der Waals surface area contributed by atoms with E-state index < -0.39 is 5.60 Å². The molecule has 0 amide bonds. The first kappa shape index (κ1) is 20.1. The number of aromatic nitrogens is 2. The molecular weight excluding hydrogens is 366 g/mol. The molecular formula is C23H31N3O3. The summed E-state index contributed by atoms with van der Waals surface area (Å²) >= 11 is 0. The number of hydrogen-bond acceptors (Lipinski definition) is 6. The summed E-state index contributed by atoms with van der Waals surface area (Å²) in [6, 6.07) is 6.95. The lowest BCUT2D eigenvalue weighted by Gasteiger charge is -2.41. The average molecular weight is 398 g/mol. The number of nitrogens with zero attached hydrogens (tertiary/aromatic N) is 3. The van der Waals surface area contributed by atoms with Crippen LogP contribution in [0.15, 0.2) is 24.4 Å². The van der Waals surface area contributed by atoms with Crippen LogP contribution < -0.4 is 9.47 Å². The Bertz CT molecular complexity index is 888. The molecule has 29 heavy (non-hydrogen) atoms. The normalized spacial score (nSPS) is 26.9. The van der Waals surface area contributed by atoms with Crippen LogP contribution in [0, 0.1) is 25.7 Å². The maximum Gasteiger partial charge on any atom is 0.319 e. The highest BCUT2D eigenvalue weighted by molar-refractivity contribution is 5.34. The lowest BCUT2D eigenvalue weighted by Crippen LogP contribution is -2.43. The minimum atomic E-state index is -0.974. The topological polar surface area (TPSA) is 67.7 Å². The van der Waals surface area contributed by atoms with Gasteiger partial charge in [0.15, 0.2) is 0 Å². The van der Waals surface area contributed by atoms with Crippen molar-refractivity contribution in [2.45, 2.75) is 45.3 Å². The number of likely N-dealkylation sites (tertiary alicyclic amines) is 1. The first-order valence-electron chi connectivity index (χ1n) is 10.4. The molecule has 156 valence electrons. The van der Waals surface area contributed by atoms with E-state index in [1.54, 1.807) is 13.3 Å². The number of aliphatic hydroxyl groups is 1. The van der Waals surface area contributed by atoms with E-state index in [4.69, 9.17) is 9.47 Å². The maximum atomic E-state index is 11.8. The summed E-state index contributed by atoms with van der Waals surface area (Å²) in [6.45, 7) is 7.11. The van der Waals surface area contributed by atoms with Crippen LogP contribution in [-0.2, 0) is 12.1 Å². The van der Waals surface area contributed by atoms with Crippen LogP contribution in [0.3, 0.4) is 0 Å². The molecule has 1 aromatic carbocycles. The van der Waals surface area contributed by atoms with Gasteiger partial charge >= 0.3 is 6.01 Å². The molecule has 1 saturated carbocycles. The largest absolute Gasteiger partial charge is 0.481 e. The van der Waals surface area contributed by atoms with Gasteiger partial charge in [0, 0.05) is 31.7 Å². The average Bonchev–Trinajstić information content (AvgIpc) is 3.14. The third-order valence-electron chi connectivity index (χ3n) is 6.81. The fraction of sp³-hybridized carbons (Fsp3) is 0.565. The van der Waals surface area contributed by atoms with Gasteiger partial charge in [0.1, 0.15) is 5.60 Å². The van der Waals surface area contributed by atoms with Crippen LogP contribution >= 0.6 is 0 Å². The van der Waals surface area contributed by atoms with Crippen molar-refractivity contribution in [2.75, 3.05) is 27.3 Å². The number of hydrogen-bond donors (Lipinski definition) is 1. The predicted octanol–water partition coefficient (Wildman–Crippen LogP) is 3.23. The van der Waals surface area contributed by atoms with Gasteiger partial charge in [-0.2, -0.15) is 4.98 Å². The Morgan fingerprint density at radius 2 is 2.00 bits per heavy atom. The fourth-order valence-corrected chi connectivity index (χ4v) is 5.14. The molecule has 0 radical (unpaired) electrons. The summed E-state index contributed by atoms with van der Waals surface area (Å²) in [4.78, 5) is 11.1. The second kappa shape index (κ2) is 7.92. The van der Waals surface area contributed by atoms with Crippen molar-refractivity contribution in [3.8, 4) is 11.9 Å². The number of aryl methyl sites for hydroxylation is 2. The van der Waals surface area contributed by atoms with Crippen molar-refractivity contribution in [1.29, 1.82) is 0 Å². The Balaban J connectivity index is 1.58. The van der Waals surface area contributed by atoms with E-state index >= 15 is 0 Å². The predicted molar refractivity (Wildman–Crippen MR) is 111 cm³/mol. The van der Waals surface area contributed by atoms with E-state index in [-0.39, 0.29) is 11.9 Å². The number of benzene rings is 1. The summed E-state index contributed by atoms with van der Waals surface area (Å²) < 4.78 is 10.6. The molecule has 1 aliphatic carbocycles. The fourth-order valence-electron chi connectivity index (χ4n) is 5.14. The van der Waals surface area contributed by atoms with Crippen molar-refractivity contribution in [3.05, 3.63) is 46.6 Å². The number of ether oxygens (including phenoxy) is 2. The number of rotatable bonds is 5. The highest BCUT2D eigenvalue weighted by Crippen LogP contribution is 2.50. The van der Waals surface area contributed by atoms with Gasteiger partial charge in [-0.3, -0.25) is 4.90 Å². The molecule has 1 N–H and O–H groups in total. The molecule has 0 spiro atoms. The maximum absolute atomic E-state index is 11.8. The van der Waals surface area contributed by atoms with Crippen LogP contribution in [0.4, 0.5) is 0 Å². The molecule has 2 aliphatic rings. The smallest absolute Gasteiger partial charge is 0.319 e. The molecule has 6 nitrogen and oxygen atoms in total. The number of fused-ring (bicyclic) bond motifs is 1. The van der Waals surface area contributed by atoms with Crippen LogP contribution in [-0.4, -0.2) is 47.3 Å². The van der Waals surface area contributed by atoms with Gasteiger partial charge in [-0.25, -0.2) is 4.98 Å². The lowest BCUT2D eigenvalue weighted by atomic mass is 9.68. The quantitative estimate of drug-likeness (QED) is 0.836. The van der Waals surface area contributed by atoms with Gasteiger partial charge in [-0.1, -0.05) is 18.2 Å². The minimum Gasteiger partial charge on any atom is -0.481 e. The molecule has 2 heterocycles. The Kier molecular flexibility index (Phi) is 5.49. The van der Waals surface area contributed by atoms with Gasteiger partial charge in [-0.15, -0.1) is 0 Å². The summed E-state index contributed by atoms with van der Waals surface area (Å²) in [5.74, 6) is 1.02. The second-order valence-electron chi connectivity index (χ2n) is 8.58. The summed E-state index contributed by atoms with van der Waals surface area (Å²) in [7, 11) is 3.11. The molecule has 1 aromatic heterocycles. The Hall–Kier alpha value is -2.18. The first-order valence-corrected chi connectivity index (χ1v) is 10.4. The molecule has 4 rings (SSSR count). The Morgan fingerprint density at radius 1 is 1.17 bits per heavy atom. The van der Waals surface area contributed by atoms with Crippen LogP contribution in [0.25, 0.3) is 0 Å². The van der Waals surface area contributed by atoms with Crippen LogP contribution in [0.1, 0.15) is 41.5 Å². The van der Waals surface area contributed by atoms with Gasteiger partial charge in [0.25, 0.3) is 0 Å². The standard InChI is InChI=1S/C23H31N3O3/c1-15-7-8-17(10-16(15)2)12-26-13-18-6-5-9-23(27,20(18)14-26)19-11-24-22(29-4)25-21(19)28-3/h7-8,10-11,18,20,27H,5-6,9,12-14H2,1-4H3/t18-,20-,23+/m0/s1. The van der Waals surface area contributed by atoms with Crippen molar-refractivity contribution >= 4 is 0 Å². The second-order valence-corrected chi connectivity index (χ2v) is 8.58. The zero-order valence-corrected chi connectivity index (χ0v) is 17.8. The van der Waals surface area contributed by atoms with E-state index in [1.165, 1.54) is 23.8 Å². The molecule has 2 fully saturated rings.